The van der Waals surface area contributed by atoms with Gasteiger partial charge in [-0.3, -0.25) is 0 Å². The largest absolute Gasteiger partial charge is 0.465 e. The SMILES string of the molecule is COC(=O)c1sc(C)c(N)c1C(=O)OC. The van der Waals surface area contributed by atoms with Crippen molar-refractivity contribution in [1.82, 2.24) is 0 Å². The fourth-order valence-corrected chi connectivity index (χ4v) is 2.08. The first-order chi connectivity index (χ1) is 7.02. The maximum Gasteiger partial charge on any atom is 0.349 e. The molecule has 0 aliphatic carbocycles. The third kappa shape index (κ3) is 1.94. The molecule has 0 aromatic carbocycles. The number of ether oxygens (including phenoxy) is 2. The molecule has 1 rings (SSSR count). The van der Waals surface area contributed by atoms with Crippen LogP contribution in [0.15, 0.2) is 0 Å². The summed E-state index contributed by atoms with van der Waals surface area (Å²) in [6.45, 7) is 1.72. The monoisotopic (exact) mass is 229 g/mol. The van der Waals surface area contributed by atoms with Crippen molar-refractivity contribution >= 4 is 29.0 Å². The van der Waals surface area contributed by atoms with Gasteiger partial charge in [-0.15, -0.1) is 11.3 Å². The molecule has 1 aromatic rings. The molecular formula is C9H11NO4S. The number of aryl methyl sites for hydroxylation is 1. The number of hydrogen-bond acceptors (Lipinski definition) is 6. The minimum Gasteiger partial charge on any atom is -0.465 e. The molecule has 1 aromatic heterocycles. The molecule has 0 atom stereocenters. The van der Waals surface area contributed by atoms with E-state index in [1.165, 1.54) is 14.2 Å². The van der Waals surface area contributed by atoms with Crippen LogP contribution in [0.5, 0.6) is 0 Å². The summed E-state index contributed by atoms with van der Waals surface area (Å²) in [7, 11) is 2.48. The highest BCUT2D eigenvalue weighted by Gasteiger charge is 2.25. The van der Waals surface area contributed by atoms with Gasteiger partial charge in [0.1, 0.15) is 10.4 Å². The summed E-state index contributed by atoms with van der Waals surface area (Å²) in [4.78, 5) is 23.6. The number of thiophene rings is 1. The Morgan fingerprint density at radius 2 is 1.73 bits per heavy atom. The molecule has 0 unspecified atom stereocenters. The number of anilines is 1. The molecule has 2 N–H and O–H groups in total. The molecule has 0 saturated carbocycles. The molecule has 15 heavy (non-hydrogen) atoms. The predicted molar refractivity (Wildman–Crippen MR) is 56.1 cm³/mol. The van der Waals surface area contributed by atoms with Crippen molar-refractivity contribution in [2.75, 3.05) is 20.0 Å². The Kier molecular flexibility index (Phi) is 3.31. The maximum atomic E-state index is 11.4. The van der Waals surface area contributed by atoms with E-state index >= 15 is 0 Å². The van der Waals surface area contributed by atoms with Crippen LogP contribution in [-0.2, 0) is 9.47 Å². The average molecular weight is 229 g/mol. The van der Waals surface area contributed by atoms with E-state index < -0.39 is 11.9 Å². The molecule has 82 valence electrons. The molecule has 0 radical (unpaired) electrons. The Bertz CT molecular complexity index is 410. The number of esters is 2. The Labute approximate surface area is 90.8 Å². The van der Waals surface area contributed by atoms with Crippen LogP contribution in [-0.4, -0.2) is 26.2 Å². The second-order valence-electron chi connectivity index (χ2n) is 2.76. The number of nitrogen functional groups attached to an aromatic ring is 1. The van der Waals surface area contributed by atoms with E-state index in [4.69, 9.17) is 5.73 Å². The number of hydrogen-bond donors (Lipinski definition) is 1. The van der Waals surface area contributed by atoms with E-state index in [2.05, 4.69) is 9.47 Å². The molecule has 1 heterocycles. The zero-order chi connectivity index (χ0) is 11.6. The average Bonchev–Trinajstić information content (AvgIpc) is 2.53. The van der Waals surface area contributed by atoms with Crippen molar-refractivity contribution < 1.29 is 19.1 Å². The van der Waals surface area contributed by atoms with Gasteiger partial charge in [-0.2, -0.15) is 0 Å². The quantitative estimate of drug-likeness (QED) is 0.771. The zero-order valence-electron chi connectivity index (χ0n) is 8.62. The molecule has 6 heteroatoms. The number of carbonyl (C=O) groups excluding carboxylic acids is 2. The van der Waals surface area contributed by atoms with Crippen molar-refractivity contribution in [2.45, 2.75) is 6.92 Å². The van der Waals surface area contributed by atoms with Gasteiger partial charge in [0.25, 0.3) is 0 Å². The van der Waals surface area contributed by atoms with Crippen LogP contribution < -0.4 is 5.73 Å². The summed E-state index contributed by atoms with van der Waals surface area (Å²) >= 11 is 1.12. The van der Waals surface area contributed by atoms with E-state index in [1.807, 2.05) is 0 Å². The summed E-state index contributed by atoms with van der Waals surface area (Å²) in [6, 6.07) is 0. The lowest BCUT2D eigenvalue weighted by molar-refractivity contribution is 0.0561. The number of rotatable bonds is 2. The highest BCUT2D eigenvalue weighted by Crippen LogP contribution is 2.31. The minimum atomic E-state index is -0.628. The summed E-state index contributed by atoms with van der Waals surface area (Å²) in [6.07, 6.45) is 0. The van der Waals surface area contributed by atoms with E-state index in [0.717, 1.165) is 11.3 Å². The van der Waals surface area contributed by atoms with Gasteiger partial charge in [-0.1, -0.05) is 0 Å². The van der Waals surface area contributed by atoms with Gasteiger partial charge < -0.3 is 15.2 Å². The number of methoxy groups -OCH3 is 2. The van der Waals surface area contributed by atoms with E-state index in [9.17, 15) is 9.59 Å². The van der Waals surface area contributed by atoms with Gasteiger partial charge >= 0.3 is 11.9 Å². The van der Waals surface area contributed by atoms with Crippen LogP contribution in [0.1, 0.15) is 24.9 Å². The van der Waals surface area contributed by atoms with Crippen molar-refractivity contribution in [1.29, 1.82) is 0 Å². The Morgan fingerprint density at radius 3 is 2.20 bits per heavy atom. The molecular weight excluding hydrogens is 218 g/mol. The van der Waals surface area contributed by atoms with Crippen LogP contribution in [0.3, 0.4) is 0 Å². The summed E-state index contributed by atoms with van der Waals surface area (Å²) in [5.74, 6) is -1.21. The van der Waals surface area contributed by atoms with Crippen LogP contribution in [0, 0.1) is 6.92 Å². The van der Waals surface area contributed by atoms with Crippen molar-refractivity contribution in [3.63, 3.8) is 0 Å². The molecule has 0 aliphatic rings. The lowest BCUT2D eigenvalue weighted by atomic mass is 10.2. The van der Waals surface area contributed by atoms with Crippen molar-refractivity contribution in [3.05, 3.63) is 15.3 Å². The smallest absolute Gasteiger partial charge is 0.349 e. The Balaban J connectivity index is 3.33. The highest BCUT2D eigenvalue weighted by atomic mass is 32.1. The van der Waals surface area contributed by atoms with Crippen LogP contribution in [0.25, 0.3) is 0 Å². The first kappa shape index (κ1) is 11.5. The van der Waals surface area contributed by atoms with Crippen LogP contribution in [0.2, 0.25) is 0 Å². The van der Waals surface area contributed by atoms with E-state index in [1.54, 1.807) is 6.92 Å². The van der Waals surface area contributed by atoms with Gasteiger partial charge in [0.05, 0.1) is 19.9 Å². The molecule has 0 amide bonds. The first-order valence-electron chi connectivity index (χ1n) is 4.08. The molecule has 0 aliphatic heterocycles. The molecule has 0 spiro atoms. The lowest BCUT2D eigenvalue weighted by Crippen LogP contribution is -2.10. The van der Waals surface area contributed by atoms with Gasteiger partial charge in [0.2, 0.25) is 0 Å². The molecule has 0 fully saturated rings. The summed E-state index contributed by atoms with van der Waals surface area (Å²) in [5.41, 5.74) is 6.03. The van der Waals surface area contributed by atoms with E-state index in [0.29, 0.717) is 4.88 Å². The second kappa shape index (κ2) is 4.31. The van der Waals surface area contributed by atoms with Gasteiger partial charge in [0.15, 0.2) is 0 Å². The predicted octanol–water partition coefficient (Wildman–Crippen LogP) is 1.21. The third-order valence-corrected chi connectivity index (χ3v) is 2.99. The number of nitrogens with two attached hydrogens (primary N) is 1. The zero-order valence-corrected chi connectivity index (χ0v) is 9.44. The highest BCUT2D eigenvalue weighted by molar-refractivity contribution is 7.15. The third-order valence-electron chi connectivity index (χ3n) is 1.89. The lowest BCUT2D eigenvalue weighted by Gasteiger charge is -2.01. The molecule has 0 saturated heterocycles. The van der Waals surface area contributed by atoms with Crippen LogP contribution >= 0.6 is 11.3 Å². The first-order valence-corrected chi connectivity index (χ1v) is 4.90. The minimum absolute atomic E-state index is 0.0897. The standard InChI is InChI=1S/C9H11NO4S/c1-4-6(10)5(8(11)13-2)7(15-4)9(12)14-3/h10H2,1-3H3. The maximum absolute atomic E-state index is 11.4. The van der Waals surface area contributed by atoms with Gasteiger partial charge in [-0.25, -0.2) is 9.59 Å². The topological polar surface area (TPSA) is 78.6 Å². The number of carbonyl (C=O) groups is 2. The van der Waals surface area contributed by atoms with Gasteiger partial charge in [0, 0.05) is 4.88 Å². The molecule has 5 nitrogen and oxygen atoms in total. The Hall–Kier alpha value is -1.56. The Morgan fingerprint density at radius 1 is 1.20 bits per heavy atom. The molecule has 0 bridgehead atoms. The van der Waals surface area contributed by atoms with Crippen molar-refractivity contribution in [3.8, 4) is 0 Å². The van der Waals surface area contributed by atoms with E-state index in [-0.39, 0.29) is 16.1 Å². The summed E-state index contributed by atoms with van der Waals surface area (Å²) in [5, 5.41) is 0. The normalized spacial score (nSPS) is 9.80. The second-order valence-corrected chi connectivity index (χ2v) is 3.98. The summed E-state index contributed by atoms with van der Waals surface area (Å²) < 4.78 is 9.09. The fourth-order valence-electron chi connectivity index (χ4n) is 1.10. The van der Waals surface area contributed by atoms with Crippen LogP contribution in [0.4, 0.5) is 5.69 Å². The fraction of sp³-hybridized carbons (Fsp3) is 0.333. The van der Waals surface area contributed by atoms with Gasteiger partial charge in [-0.05, 0) is 6.92 Å². The van der Waals surface area contributed by atoms with Crippen molar-refractivity contribution in [2.24, 2.45) is 0 Å².